The van der Waals surface area contributed by atoms with Crippen molar-refractivity contribution in [1.29, 1.82) is 0 Å². The van der Waals surface area contributed by atoms with E-state index in [9.17, 15) is 13.2 Å². The normalized spacial score (nSPS) is 16.6. The van der Waals surface area contributed by atoms with Gasteiger partial charge in [-0.3, -0.25) is 4.79 Å². The van der Waals surface area contributed by atoms with E-state index in [-0.39, 0.29) is 23.5 Å². The smallest absolute Gasteiger partial charge is 0.265 e. The average Bonchev–Trinajstić information content (AvgIpc) is 2.95. The molecule has 0 fully saturated rings. The van der Waals surface area contributed by atoms with Crippen molar-refractivity contribution >= 4 is 21.6 Å². The van der Waals surface area contributed by atoms with Crippen molar-refractivity contribution in [2.75, 3.05) is 25.6 Å². The minimum absolute atomic E-state index is 0.0936. The van der Waals surface area contributed by atoms with Crippen molar-refractivity contribution in [3.8, 4) is 5.75 Å². The number of fused-ring (bicyclic) bond motifs is 1. The Morgan fingerprint density at radius 3 is 2.46 bits per heavy atom. The van der Waals surface area contributed by atoms with E-state index < -0.39 is 10.0 Å². The number of nitrogens with zero attached hydrogens (tertiary/aromatic N) is 2. The Kier molecular flexibility index (Phi) is 5.02. The fraction of sp³-hybridized carbons (Fsp3) is 0.316. The molecule has 7 heteroatoms. The molecular formula is C19H22N2O4S. The monoisotopic (exact) mass is 374 g/mol. The molecule has 1 unspecified atom stereocenters. The second-order valence-corrected chi connectivity index (χ2v) is 8.64. The van der Waals surface area contributed by atoms with E-state index >= 15 is 0 Å². The molecule has 26 heavy (non-hydrogen) atoms. The third-order valence-electron chi connectivity index (χ3n) is 4.44. The number of carbonyl (C=O) groups is 1. The first kappa shape index (κ1) is 18.4. The molecule has 1 amide bonds. The quantitative estimate of drug-likeness (QED) is 0.805. The van der Waals surface area contributed by atoms with Gasteiger partial charge in [-0.2, -0.15) is 0 Å². The number of amides is 1. The highest BCUT2D eigenvalue weighted by Crippen LogP contribution is 2.31. The van der Waals surface area contributed by atoms with Crippen LogP contribution in [0.5, 0.6) is 5.75 Å². The third kappa shape index (κ3) is 3.45. The summed E-state index contributed by atoms with van der Waals surface area (Å²) in [4.78, 5) is 14.6. The highest BCUT2D eigenvalue weighted by molar-refractivity contribution is 7.89. The van der Waals surface area contributed by atoms with Crippen molar-refractivity contribution in [2.45, 2.75) is 24.3 Å². The van der Waals surface area contributed by atoms with Crippen LogP contribution in [0.15, 0.2) is 53.4 Å². The molecule has 1 atom stereocenters. The Bertz CT molecular complexity index is 907. The van der Waals surface area contributed by atoms with Gasteiger partial charge in [0.25, 0.3) is 5.91 Å². The van der Waals surface area contributed by atoms with E-state index in [1.807, 2.05) is 31.2 Å². The van der Waals surface area contributed by atoms with Gasteiger partial charge in [-0.15, -0.1) is 0 Å². The fourth-order valence-corrected chi connectivity index (χ4v) is 3.98. The molecule has 1 heterocycles. The summed E-state index contributed by atoms with van der Waals surface area (Å²) in [7, 11) is -0.517. The zero-order chi connectivity index (χ0) is 18.9. The molecule has 0 aromatic heterocycles. The lowest BCUT2D eigenvalue weighted by atomic mass is 10.1. The number of para-hydroxylation sites is 1. The van der Waals surface area contributed by atoms with Gasteiger partial charge in [-0.1, -0.05) is 18.2 Å². The zero-order valence-electron chi connectivity index (χ0n) is 15.0. The van der Waals surface area contributed by atoms with Gasteiger partial charge in [0.05, 0.1) is 4.90 Å². The van der Waals surface area contributed by atoms with Crippen LogP contribution in [0.25, 0.3) is 0 Å². The lowest BCUT2D eigenvalue weighted by Crippen LogP contribution is -2.39. The SMILES string of the molecule is CC1Cc2ccccc2N1C(=O)COc1ccc(S(=O)(=O)N(C)C)cc1. The van der Waals surface area contributed by atoms with Crippen molar-refractivity contribution in [2.24, 2.45) is 0 Å². The maximum absolute atomic E-state index is 12.6. The second kappa shape index (κ2) is 7.09. The van der Waals surface area contributed by atoms with Crippen molar-refractivity contribution < 1.29 is 17.9 Å². The number of ether oxygens (including phenoxy) is 1. The van der Waals surface area contributed by atoms with Gasteiger partial charge in [0, 0.05) is 25.8 Å². The van der Waals surface area contributed by atoms with Gasteiger partial charge >= 0.3 is 0 Å². The molecule has 1 aliphatic heterocycles. The predicted octanol–water partition coefficient (Wildman–Crippen LogP) is 2.29. The van der Waals surface area contributed by atoms with Gasteiger partial charge in [0.15, 0.2) is 6.61 Å². The van der Waals surface area contributed by atoms with Crippen LogP contribution in [0.2, 0.25) is 0 Å². The Morgan fingerprint density at radius 2 is 1.81 bits per heavy atom. The van der Waals surface area contributed by atoms with Gasteiger partial charge in [-0.05, 0) is 49.2 Å². The predicted molar refractivity (Wildman–Crippen MR) is 99.9 cm³/mol. The van der Waals surface area contributed by atoms with E-state index in [4.69, 9.17) is 4.74 Å². The molecule has 0 radical (unpaired) electrons. The Balaban J connectivity index is 1.67. The topological polar surface area (TPSA) is 66.9 Å². The minimum atomic E-state index is -3.48. The summed E-state index contributed by atoms with van der Waals surface area (Å²) >= 11 is 0. The van der Waals surface area contributed by atoms with Crippen LogP contribution in [-0.2, 0) is 21.2 Å². The van der Waals surface area contributed by atoms with E-state index in [1.54, 1.807) is 17.0 Å². The van der Waals surface area contributed by atoms with Crippen LogP contribution in [0.4, 0.5) is 5.69 Å². The number of rotatable bonds is 5. The maximum atomic E-state index is 12.6. The molecule has 0 bridgehead atoms. The summed E-state index contributed by atoms with van der Waals surface area (Å²) in [5.41, 5.74) is 2.09. The number of hydrogen-bond acceptors (Lipinski definition) is 4. The molecule has 2 aromatic rings. The fourth-order valence-electron chi connectivity index (χ4n) is 3.08. The highest BCUT2D eigenvalue weighted by atomic mass is 32.2. The Hall–Kier alpha value is -2.38. The molecule has 0 aliphatic carbocycles. The molecule has 2 aromatic carbocycles. The third-order valence-corrected chi connectivity index (χ3v) is 6.27. The van der Waals surface area contributed by atoms with Gasteiger partial charge < -0.3 is 9.64 Å². The summed E-state index contributed by atoms with van der Waals surface area (Å²) in [6, 6.07) is 14.0. The van der Waals surface area contributed by atoms with Crippen LogP contribution in [0, 0.1) is 0 Å². The average molecular weight is 374 g/mol. The summed E-state index contributed by atoms with van der Waals surface area (Å²) in [6.45, 7) is 1.91. The first-order valence-electron chi connectivity index (χ1n) is 8.36. The van der Waals surface area contributed by atoms with Crippen LogP contribution in [0.1, 0.15) is 12.5 Å². The zero-order valence-corrected chi connectivity index (χ0v) is 15.9. The van der Waals surface area contributed by atoms with Crippen molar-refractivity contribution in [3.05, 3.63) is 54.1 Å². The van der Waals surface area contributed by atoms with Crippen LogP contribution >= 0.6 is 0 Å². The molecule has 0 saturated heterocycles. The van der Waals surface area contributed by atoms with E-state index in [0.717, 1.165) is 22.0 Å². The summed E-state index contributed by atoms with van der Waals surface area (Å²) in [5, 5.41) is 0. The molecule has 3 rings (SSSR count). The molecule has 0 saturated carbocycles. The van der Waals surface area contributed by atoms with Gasteiger partial charge in [-0.25, -0.2) is 12.7 Å². The highest BCUT2D eigenvalue weighted by Gasteiger charge is 2.30. The number of sulfonamides is 1. The summed E-state index contributed by atoms with van der Waals surface area (Å²) < 4.78 is 30.8. The van der Waals surface area contributed by atoms with Gasteiger partial charge in [0.2, 0.25) is 10.0 Å². The minimum Gasteiger partial charge on any atom is -0.484 e. The molecule has 138 valence electrons. The van der Waals surface area contributed by atoms with E-state index in [1.165, 1.54) is 26.2 Å². The molecule has 0 N–H and O–H groups in total. The molecule has 0 spiro atoms. The number of hydrogen-bond donors (Lipinski definition) is 0. The van der Waals surface area contributed by atoms with Crippen LogP contribution in [-0.4, -0.2) is 45.4 Å². The largest absolute Gasteiger partial charge is 0.484 e. The molecule has 1 aliphatic rings. The number of benzene rings is 2. The summed E-state index contributed by atoms with van der Waals surface area (Å²) in [5.74, 6) is 0.337. The molecule has 6 nitrogen and oxygen atoms in total. The summed E-state index contributed by atoms with van der Waals surface area (Å²) in [6.07, 6.45) is 0.832. The first-order chi connectivity index (χ1) is 12.3. The lowest BCUT2D eigenvalue weighted by Gasteiger charge is -2.22. The van der Waals surface area contributed by atoms with Crippen molar-refractivity contribution in [1.82, 2.24) is 4.31 Å². The lowest BCUT2D eigenvalue weighted by molar-refractivity contribution is -0.120. The number of carbonyl (C=O) groups excluding carboxylic acids is 1. The Morgan fingerprint density at radius 1 is 1.15 bits per heavy atom. The standard InChI is InChI=1S/C19H22N2O4S/c1-14-12-15-6-4-5-7-18(15)21(14)19(22)13-25-16-8-10-17(11-9-16)26(23,24)20(2)3/h4-11,14H,12-13H2,1-3H3. The van der Waals surface area contributed by atoms with Crippen LogP contribution in [0.3, 0.4) is 0 Å². The van der Waals surface area contributed by atoms with Crippen molar-refractivity contribution in [3.63, 3.8) is 0 Å². The first-order valence-corrected chi connectivity index (χ1v) is 9.80. The van der Waals surface area contributed by atoms with Crippen LogP contribution < -0.4 is 9.64 Å². The van der Waals surface area contributed by atoms with Gasteiger partial charge in [0.1, 0.15) is 5.75 Å². The van der Waals surface area contributed by atoms with E-state index in [0.29, 0.717) is 5.75 Å². The maximum Gasteiger partial charge on any atom is 0.265 e. The Labute approximate surface area is 154 Å². The second-order valence-electron chi connectivity index (χ2n) is 6.49. The molecular weight excluding hydrogens is 352 g/mol. The van der Waals surface area contributed by atoms with E-state index in [2.05, 4.69) is 0 Å². The number of anilines is 1.